The molecule has 0 radical (unpaired) electrons. The molecular formula is C43H34N4OPt. The van der Waals surface area contributed by atoms with Crippen molar-refractivity contribution < 1.29 is 25.8 Å². The number of ether oxygens (including phenoxy) is 1. The molecule has 6 heteroatoms. The first-order valence-electron chi connectivity index (χ1n) is 16.3. The summed E-state index contributed by atoms with van der Waals surface area (Å²) in [6.07, 6.45) is 1.89. The van der Waals surface area contributed by atoms with E-state index in [1.807, 2.05) is 54.2 Å². The summed E-state index contributed by atoms with van der Waals surface area (Å²) in [5.74, 6) is 2.42. The van der Waals surface area contributed by atoms with Crippen molar-refractivity contribution in [3.63, 3.8) is 0 Å². The Hall–Kier alpha value is -5.25. The van der Waals surface area contributed by atoms with Gasteiger partial charge >= 0.3 is 21.1 Å². The fourth-order valence-electron chi connectivity index (χ4n) is 6.59. The van der Waals surface area contributed by atoms with Crippen molar-refractivity contribution in [2.75, 3.05) is 0 Å². The average molecular weight is 818 g/mol. The number of aryl methyl sites for hydroxylation is 1. The zero-order valence-electron chi connectivity index (χ0n) is 27.7. The molecule has 8 aromatic rings. The van der Waals surface area contributed by atoms with E-state index in [4.69, 9.17) is 14.8 Å². The van der Waals surface area contributed by atoms with Gasteiger partial charge in [0.05, 0.1) is 5.69 Å². The maximum Gasteiger partial charge on any atom is 2.00 e. The third-order valence-electron chi connectivity index (χ3n) is 8.98. The van der Waals surface area contributed by atoms with E-state index in [1.165, 1.54) is 11.1 Å². The zero-order valence-corrected chi connectivity index (χ0v) is 30.0. The van der Waals surface area contributed by atoms with E-state index in [1.54, 1.807) is 0 Å². The molecule has 0 saturated carbocycles. The van der Waals surface area contributed by atoms with Gasteiger partial charge in [-0.15, -0.1) is 35.7 Å². The minimum atomic E-state index is 0. The van der Waals surface area contributed by atoms with E-state index in [0.29, 0.717) is 17.4 Å². The molecular weight excluding hydrogens is 784 g/mol. The molecule has 0 spiro atoms. The van der Waals surface area contributed by atoms with Gasteiger partial charge in [-0.2, -0.15) is 17.2 Å². The molecule has 5 aromatic carbocycles. The van der Waals surface area contributed by atoms with Gasteiger partial charge in [0, 0.05) is 34.5 Å². The number of rotatable bonds is 7. The van der Waals surface area contributed by atoms with Crippen LogP contribution in [0.5, 0.6) is 11.5 Å². The van der Waals surface area contributed by atoms with Gasteiger partial charge < -0.3 is 9.30 Å². The molecule has 0 fully saturated rings. The van der Waals surface area contributed by atoms with E-state index in [0.717, 1.165) is 61.4 Å². The second-order valence-electron chi connectivity index (χ2n) is 12.4. The second-order valence-corrected chi connectivity index (χ2v) is 12.4. The number of benzene rings is 5. The minimum Gasteiger partial charge on any atom is -0.509 e. The van der Waals surface area contributed by atoms with E-state index in [2.05, 4.69) is 122 Å². The minimum absolute atomic E-state index is 0. The Bertz CT molecular complexity index is 2430. The van der Waals surface area contributed by atoms with Crippen molar-refractivity contribution in [3.05, 3.63) is 157 Å². The third kappa shape index (κ3) is 6.00. The second kappa shape index (κ2) is 13.3. The van der Waals surface area contributed by atoms with Gasteiger partial charge in [0.2, 0.25) is 0 Å². The zero-order chi connectivity index (χ0) is 32.8. The summed E-state index contributed by atoms with van der Waals surface area (Å²) in [5.41, 5.74) is 10.7. The predicted octanol–water partition coefficient (Wildman–Crippen LogP) is 10.8. The Balaban J connectivity index is 0.00000378. The Morgan fingerprint density at radius 3 is 2.16 bits per heavy atom. The number of fused-ring (bicyclic) bond motifs is 3. The van der Waals surface area contributed by atoms with Crippen LogP contribution in [0.4, 0.5) is 0 Å². The summed E-state index contributed by atoms with van der Waals surface area (Å²) >= 11 is 0. The molecule has 0 aliphatic heterocycles. The van der Waals surface area contributed by atoms with Crippen LogP contribution in [0.3, 0.4) is 0 Å². The van der Waals surface area contributed by atoms with Crippen LogP contribution < -0.4 is 4.74 Å². The average Bonchev–Trinajstić information content (AvgIpc) is 3.61. The summed E-state index contributed by atoms with van der Waals surface area (Å²) in [6.45, 7) is 8.54. The first kappa shape index (κ1) is 32.3. The molecule has 0 amide bonds. The molecule has 3 heterocycles. The maximum atomic E-state index is 6.47. The normalized spacial score (nSPS) is 11.3. The third-order valence-corrected chi connectivity index (χ3v) is 8.98. The van der Waals surface area contributed by atoms with Crippen molar-refractivity contribution in [1.29, 1.82) is 0 Å². The van der Waals surface area contributed by atoms with Crippen LogP contribution in [0, 0.1) is 26.0 Å². The number of pyridine rings is 1. The summed E-state index contributed by atoms with van der Waals surface area (Å²) in [7, 11) is 0. The van der Waals surface area contributed by atoms with Crippen LogP contribution in [0.1, 0.15) is 36.7 Å². The summed E-state index contributed by atoms with van der Waals surface area (Å²) in [6, 6.07) is 48.8. The SMILES string of the molecule is Cc1nn(-c2[c-]c(Oc3[c-]c4c(cc3)c3cc(-c5ccccc5)ccc3n4-c3cc(C(C)C)ccn3)ccc2)c(C)c1-c1ccccc1.[Pt+2]. The number of hydrogen-bond donors (Lipinski definition) is 0. The molecule has 5 nitrogen and oxygen atoms in total. The molecule has 0 aliphatic rings. The quantitative estimate of drug-likeness (QED) is 0.151. The van der Waals surface area contributed by atoms with Gasteiger partial charge in [0.1, 0.15) is 5.82 Å². The molecule has 8 rings (SSSR count). The van der Waals surface area contributed by atoms with Gasteiger partial charge in [-0.25, -0.2) is 4.98 Å². The summed E-state index contributed by atoms with van der Waals surface area (Å²) in [4.78, 5) is 4.83. The molecule has 0 saturated heterocycles. The van der Waals surface area contributed by atoms with E-state index in [9.17, 15) is 0 Å². The van der Waals surface area contributed by atoms with Crippen molar-refractivity contribution in [2.24, 2.45) is 0 Å². The van der Waals surface area contributed by atoms with Crippen LogP contribution in [-0.2, 0) is 21.1 Å². The van der Waals surface area contributed by atoms with Gasteiger partial charge in [0.25, 0.3) is 0 Å². The predicted molar refractivity (Wildman–Crippen MR) is 194 cm³/mol. The monoisotopic (exact) mass is 817 g/mol. The Morgan fingerprint density at radius 2 is 1.41 bits per heavy atom. The molecule has 49 heavy (non-hydrogen) atoms. The van der Waals surface area contributed by atoms with Crippen LogP contribution in [0.2, 0.25) is 0 Å². The van der Waals surface area contributed by atoms with Crippen LogP contribution >= 0.6 is 0 Å². The van der Waals surface area contributed by atoms with E-state index >= 15 is 0 Å². The van der Waals surface area contributed by atoms with Crippen LogP contribution in [0.15, 0.2) is 128 Å². The summed E-state index contributed by atoms with van der Waals surface area (Å²) in [5, 5.41) is 7.10. The molecule has 3 aromatic heterocycles. The van der Waals surface area contributed by atoms with Crippen LogP contribution in [-0.4, -0.2) is 19.3 Å². The van der Waals surface area contributed by atoms with E-state index < -0.39 is 0 Å². The molecule has 0 N–H and O–H groups in total. The van der Waals surface area contributed by atoms with Crippen molar-refractivity contribution in [3.8, 4) is 45.3 Å². The molecule has 0 unspecified atom stereocenters. The molecule has 0 atom stereocenters. The smallest absolute Gasteiger partial charge is 0.509 e. The fraction of sp³-hybridized carbons (Fsp3) is 0.116. The molecule has 242 valence electrons. The Morgan fingerprint density at radius 1 is 0.673 bits per heavy atom. The summed E-state index contributed by atoms with van der Waals surface area (Å²) < 4.78 is 10.6. The van der Waals surface area contributed by atoms with Crippen molar-refractivity contribution >= 4 is 21.8 Å². The van der Waals surface area contributed by atoms with Gasteiger partial charge in [-0.05, 0) is 71.3 Å². The fourth-order valence-corrected chi connectivity index (χ4v) is 6.59. The number of aromatic nitrogens is 4. The topological polar surface area (TPSA) is 44.9 Å². The van der Waals surface area contributed by atoms with Gasteiger partial charge in [0.15, 0.2) is 0 Å². The van der Waals surface area contributed by atoms with Gasteiger partial charge in [-0.3, -0.25) is 4.68 Å². The first-order chi connectivity index (χ1) is 23.4. The Labute approximate surface area is 301 Å². The first-order valence-corrected chi connectivity index (χ1v) is 16.3. The molecule has 0 aliphatic carbocycles. The largest absolute Gasteiger partial charge is 2.00 e. The van der Waals surface area contributed by atoms with Gasteiger partial charge in [-0.1, -0.05) is 92.2 Å². The molecule has 0 bridgehead atoms. The van der Waals surface area contributed by atoms with Crippen molar-refractivity contribution in [1.82, 2.24) is 19.3 Å². The number of nitrogens with zero attached hydrogens (tertiary/aromatic N) is 4. The number of hydrogen-bond acceptors (Lipinski definition) is 3. The van der Waals surface area contributed by atoms with Crippen LogP contribution in [0.25, 0.3) is 55.6 Å². The Kier molecular flexibility index (Phi) is 8.79. The van der Waals surface area contributed by atoms with Crippen molar-refractivity contribution in [2.45, 2.75) is 33.6 Å². The van der Waals surface area contributed by atoms with E-state index in [-0.39, 0.29) is 21.1 Å². The standard InChI is InChI=1S/C43H34N4O.Pt/c1-28(2)33-22-23-44-42(25-33)46-40-21-18-34(31-12-7-5-8-13-31)24-39(40)38-20-19-37(27-41(38)46)48-36-17-11-16-35(26-36)47-30(4)43(29(3)45-47)32-14-9-6-10-15-32;/h5-25,28H,1-4H3;/q-2;+2. The maximum absolute atomic E-state index is 6.47.